The number of aliphatic hydroxyl groups is 1. The standard InChI is InChI=1S/C12H27OP.CH3.Ni/c1-10(2,3)14(11(4,5)6)9-12(7,8)13;;/h13H,9H2,1-8H3;1H3;/q;-1;/p+1. The van der Waals surface area contributed by atoms with E-state index in [4.69, 9.17) is 0 Å². The Balaban J connectivity index is -0.000000845. The van der Waals surface area contributed by atoms with E-state index in [1.54, 1.807) is 0 Å². The van der Waals surface area contributed by atoms with Gasteiger partial charge < -0.3 is 12.5 Å². The van der Waals surface area contributed by atoms with Gasteiger partial charge in [-0.2, -0.15) is 0 Å². The van der Waals surface area contributed by atoms with Crippen LogP contribution in [0.15, 0.2) is 0 Å². The van der Waals surface area contributed by atoms with Gasteiger partial charge in [0.05, 0.1) is 22.1 Å². The van der Waals surface area contributed by atoms with Gasteiger partial charge in [0.2, 0.25) is 0 Å². The van der Waals surface area contributed by atoms with E-state index in [1.807, 2.05) is 13.8 Å². The Hall–Kier alpha value is 0.884. The average Bonchev–Trinajstić information content (AvgIpc) is 1.75. The molecule has 0 saturated carbocycles. The monoisotopic (exact) mass is 292 g/mol. The van der Waals surface area contributed by atoms with Gasteiger partial charge in [-0.3, -0.25) is 0 Å². The first-order valence-electron chi connectivity index (χ1n) is 5.43. The summed E-state index contributed by atoms with van der Waals surface area (Å²) in [6, 6.07) is 0. The van der Waals surface area contributed by atoms with Crippen molar-refractivity contribution in [2.45, 2.75) is 71.3 Å². The molecular formula is C13H31NiOP. The molecule has 0 aromatic carbocycles. The summed E-state index contributed by atoms with van der Waals surface area (Å²) in [6.45, 7) is 17.7. The first-order chi connectivity index (χ1) is 5.84. The van der Waals surface area contributed by atoms with Gasteiger partial charge in [-0.25, -0.2) is 0 Å². The van der Waals surface area contributed by atoms with E-state index in [9.17, 15) is 5.11 Å². The summed E-state index contributed by atoms with van der Waals surface area (Å²) in [7, 11) is -0.583. The van der Waals surface area contributed by atoms with E-state index >= 15 is 0 Å². The predicted molar refractivity (Wildman–Crippen MR) is 75.4 cm³/mol. The van der Waals surface area contributed by atoms with Crippen molar-refractivity contribution in [2.24, 2.45) is 0 Å². The molecule has 1 N–H and O–H groups in total. The summed E-state index contributed by atoms with van der Waals surface area (Å²) in [4.78, 5) is 0. The Bertz CT molecular complexity index is 170. The van der Waals surface area contributed by atoms with Crippen LogP contribution in [0.5, 0.6) is 0 Å². The van der Waals surface area contributed by atoms with Crippen LogP contribution in [0, 0.1) is 7.43 Å². The molecule has 0 aliphatic rings. The zero-order valence-electron chi connectivity index (χ0n) is 12.5. The molecule has 0 radical (unpaired) electrons. The van der Waals surface area contributed by atoms with Crippen molar-refractivity contribution in [3.8, 4) is 0 Å². The fourth-order valence-corrected chi connectivity index (χ4v) is 6.26. The molecule has 0 aromatic heterocycles. The van der Waals surface area contributed by atoms with Crippen LogP contribution in [0.2, 0.25) is 0 Å². The van der Waals surface area contributed by atoms with E-state index in [0.29, 0.717) is 10.3 Å². The Morgan fingerprint density at radius 1 is 0.812 bits per heavy atom. The molecule has 0 unspecified atom stereocenters. The maximum Gasteiger partial charge on any atom is 0.0923 e. The van der Waals surface area contributed by atoms with Gasteiger partial charge in [-0.05, 0) is 55.4 Å². The Morgan fingerprint density at radius 3 is 1.12 bits per heavy atom. The fourth-order valence-electron chi connectivity index (χ4n) is 2.09. The predicted octanol–water partition coefficient (Wildman–Crippen LogP) is 4.02. The Kier molecular flexibility index (Phi) is 9.28. The molecule has 0 spiro atoms. The van der Waals surface area contributed by atoms with Crippen LogP contribution < -0.4 is 0 Å². The van der Waals surface area contributed by atoms with Crippen LogP contribution in [0.25, 0.3) is 0 Å². The molecular weight excluding hydrogens is 262 g/mol. The van der Waals surface area contributed by atoms with Crippen molar-refractivity contribution < 1.29 is 21.6 Å². The smallest absolute Gasteiger partial charge is 0.0923 e. The minimum Gasteiger partial charge on any atom is -0.387 e. The summed E-state index contributed by atoms with van der Waals surface area (Å²) in [5.41, 5.74) is -0.519. The normalized spacial score (nSPS) is 13.1. The maximum atomic E-state index is 9.94. The van der Waals surface area contributed by atoms with Gasteiger partial charge in [-0.1, -0.05) is 0 Å². The van der Waals surface area contributed by atoms with Crippen LogP contribution in [-0.2, 0) is 16.5 Å². The number of hydrogen-bond donors (Lipinski definition) is 1. The van der Waals surface area contributed by atoms with Crippen molar-refractivity contribution in [3.63, 3.8) is 0 Å². The molecule has 1 nitrogen and oxygen atoms in total. The summed E-state index contributed by atoms with van der Waals surface area (Å²) < 4.78 is 0. The van der Waals surface area contributed by atoms with Crippen LogP contribution >= 0.6 is 7.92 Å². The molecule has 0 aliphatic carbocycles. The molecule has 0 amide bonds. The van der Waals surface area contributed by atoms with Crippen molar-refractivity contribution >= 4 is 7.92 Å². The topological polar surface area (TPSA) is 20.2 Å². The SMILES string of the molecule is CC(C)(O)C[PH+](C(C)(C)C)C(C)(C)C.[CH3-].[Ni]. The summed E-state index contributed by atoms with van der Waals surface area (Å²) in [5.74, 6) is 0. The second-order valence-electron chi connectivity index (χ2n) is 6.97. The third kappa shape index (κ3) is 8.97. The van der Waals surface area contributed by atoms with E-state index in [0.717, 1.165) is 6.16 Å². The van der Waals surface area contributed by atoms with Crippen molar-refractivity contribution in [1.82, 2.24) is 0 Å². The third-order valence-corrected chi connectivity index (χ3v) is 7.26. The third-order valence-electron chi connectivity index (χ3n) is 2.42. The zero-order chi connectivity index (χ0) is 11.8. The first-order valence-corrected chi connectivity index (χ1v) is 7.14. The molecule has 0 saturated heterocycles. The first kappa shape index (κ1) is 22.1. The van der Waals surface area contributed by atoms with Crippen LogP contribution in [0.1, 0.15) is 55.4 Å². The molecule has 3 heteroatoms. The zero-order valence-corrected chi connectivity index (χ0v) is 14.5. The van der Waals surface area contributed by atoms with Crippen LogP contribution in [-0.4, -0.2) is 27.2 Å². The second-order valence-corrected chi connectivity index (χ2v) is 11.3. The molecule has 0 fully saturated rings. The van der Waals surface area contributed by atoms with Crippen LogP contribution in [0.3, 0.4) is 0 Å². The average molecular weight is 293 g/mol. The largest absolute Gasteiger partial charge is 0.387 e. The Morgan fingerprint density at radius 2 is 1.06 bits per heavy atom. The van der Waals surface area contributed by atoms with E-state index in [1.165, 1.54) is 0 Å². The van der Waals surface area contributed by atoms with Gasteiger partial charge in [0.25, 0.3) is 0 Å². The van der Waals surface area contributed by atoms with Gasteiger partial charge in [0.15, 0.2) is 0 Å². The van der Waals surface area contributed by atoms with E-state index in [-0.39, 0.29) is 23.9 Å². The second kappa shape index (κ2) is 6.72. The molecule has 0 aromatic rings. The number of rotatable bonds is 2. The fraction of sp³-hybridized carbons (Fsp3) is 0.923. The molecule has 0 atom stereocenters. The van der Waals surface area contributed by atoms with Gasteiger partial charge in [0.1, 0.15) is 0 Å². The molecule has 0 bridgehead atoms. The van der Waals surface area contributed by atoms with Gasteiger partial charge in [-0.15, -0.1) is 0 Å². The van der Waals surface area contributed by atoms with Crippen molar-refractivity contribution in [1.29, 1.82) is 0 Å². The van der Waals surface area contributed by atoms with Crippen molar-refractivity contribution in [3.05, 3.63) is 7.43 Å². The molecule has 0 aliphatic heterocycles. The molecule has 104 valence electrons. The van der Waals surface area contributed by atoms with E-state index in [2.05, 4.69) is 41.5 Å². The summed E-state index contributed by atoms with van der Waals surface area (Å²) in [6.07, 6.45) is 0.963. The maximum absolute atomic E-state index is 9.94. The van der Waals surface area contributed by atoms with E-state index < -0.39 is 13.5 Å². The minimum absolute atomic E-state index is 0. The van der Waals surface area contributed by atoms with Crippen LogP contribution in [0.4, 0.5) is 0 Å². The van der Waals surface area contributed by atoms with Crippen molar-refractivity contribution in [2.75, 3.05) is 6.16 Å². The molecule has 0 rings (SSSR count). The molecule has 0 heterocycles. The number of hydrogen-bond acceptors (Lipinski definition) is 1. The quantitative estimate of drug-likeness (QED) is 0.463. The summed E-state index contributed by atoms with van der Waals surface area (Å²) >= 11 is 0. The minimum atomic E-state index is -0.583. The van der Waals surface area contributed by atoms with Gasteiger partial charge in [0, 0.05) is 24.4 Å². The molecule has 16 heavy (non-hydrogen) atoms. The van der Waals surface area contributed by atoms with Gasteiger partial charge >= 0.3 is 0 Å². The summed E-state index contributed by atoms with van der Waals surface area (Å²) in [5, 5.41) is 10.6. The Labute approximate surface area is 114 Å².